The lowest BCUT2D eigenvalue weighted by atomic mass is 10.0. The molecule has 1 heterocycles. The van der Waals surface area contributed by atoms with Crippen LogP contribution in [0.1, 0.15) is 13.8 Å². The molecule has 0 saturated heterocycles. The summed E-state index contributed by atoms with van der Waals surface area (Å²) in [4.78, 5) is 22.6. The Morgan fingerprint density at radius 2 is 2.18 bits per heavy atom. The van der Waals surface area contributed by atoms with E-state index in [-0.39, 0.29) is 11.5 Å². The van der Waals surface area contributed by atoms with Gasteiger partial charge < -0.3 is 10.0 Å². The number of rotatable bonds is 4. The van der Waals surface area contributed by atoms with Crippen molar-refractivity contribution in [1.82, 2.24) is 9.78 Å². The van der Waals surface area contributed by atoms with E-state index in [2.05, 4.69) is 5.10 Å². The lowest BCUT2D eigenvalue weighted by molar-refractivity contribution is -0.384. The molecule has 0 aliphatic rings. The highest BCUT2D eigenvalue weighted by molar-refractivity contribution is 5.83. The Morgan fingerprint density at radius 1 is 1.65 bits per heavy atom. The molecule has 94 valence electrons. The quantitative estimate of drug-likeness (QED) is 0.613. The van der Waals surface area contributed by atoms with E-state index in [0.29, 0.717) is 0 Å². The van der Waals surface area contributed by atoms with E-state index >= 15 is 0 Å². The first kappa shape index (κ1) is 12.9. The summed E-state index contributed by atoms with van der Waals surface area (Å²) in [5.41, 5.74) is -1.50. The molecule has 0 aliphatic heterocycles. The van der Waals surface area contributed by atoms with Gasteiger partial charge in [0, 0.05) is 14.1 Å². The zero-order valence-corrected chi connectivity index (χ0v) is 10.0. The van der Waals surface area contributed by atoms with Crippen LogP contribution in [0.5, 0.6) is 0 Å². The van der Waals surface area contributed by atoms with E-state index < -0.39 is 16.4 Å². The number of aliphatic carboxylic acids is 1. The van der Waals surface area contributed by atoms with Gasteiger partial charge in [-0.2, -0.15) is 0 Å². The predicted octanol–water partition coefficient (Wildman–Crippen LogP) is 0.628. The summed E-state index contributed by atoms with van der Waals surface area (Å²) in [6.07, 6.45) is 1.24. The minimum absolute atomic E-state index is 0.0323. The fraction of sp³-hybridized carbons (Fsp3) is 0.556. The first-order valence-electron chi connectivity index (χ1n) is 4.83. The second-order valence-electron chi connectivity index (χ2n) is 4.19. The minimum Gasteiger partial charge on any atom is -0.480 e. The van der Waals surface area contributed by atoms with Gasteiger partial charge in [-0.05, 0) is 13.8 Å². The van der Waals surface area contributed by atoms with Crippen LogP contribution in [-0.4, -0.2) is 38.4 Å². The first-order valence-corrected chi connectivity index (χ1v) is 4.83. The Balaban J connectivity index is 3.25. The molecule has 0 fully saturated rings. The number of anilines is 1. The van der Waals surface area contributed by atoms with E-state index in [1.54, 1.807) is 0 Å². The molecule has 0 radical (unpaired) electrons. The number of aryl methyl sites for hydroxylation is 1. The van der Waals surface area contributed by atoms with E-state index in [1.807, 2.05) is 0 Å². The van der Waals surface area contributed by atoms with Gasteiger partial charge in [0.2, 0.25) is 5.82 Å². The van der Waals surface area contributed by atoms with Crippen molar-refractivity contribution in [3.8, 4) is 0 Å². The summed E-state index contributed by atoms with van der Waals surface area (Å²) in [7, 11) is 3.00. The Hall–Kier alpha value is -2.12. The number of likely N-dealkylation sites (N-methyl/N-ethyl adjacent to an activating group) is 1. The molecule has 1 aromatic heterocycles. The Labute approximate surface area is 97.6 Å². The van der Waals surface area contributed by atoms with Gasteiger partial charge in [-0.25, -0.2) is 4.79 Å². The lowest BCUT2D eigenvalue weighted by Crippen LogP contribution is -2.48. The molecule has 0 unspecified atom stereocenters. The van der Waals surface area contributed by atoms with Gasteiger partial charge >= 0.3 is 11.7 Å². The predicted molar refractivity (Wildman–Crippen MR) is 60.0 cm³/mol. The monoisotopic (exact) mass is 242 g/mol. The molecule has 8 heteroatoms. The van der Waals surface area contributed by atoms with Crippen molar-refractivity contribution >= 4 is 17.5 Å². The van der Waals surface area contributed by atoms with Crippen LogP contribution < -0.4 is 4.90 Å². The number of carbonyl (C=O) groups is 1. The Kier molecular flexibility index (Phi) is 3.08. The van der Waals surface area contributed by atoms with Gasteiger partial charge in [-0.15, -0.1) is 5.10 Å². The zero-order valence-electron chi connectivity index (χ0n) is 10.0. The van der Waals surface area contributed by atoms with Crippen LogP contribution in [0.3, 0.4) is 0 Å². The van der Waals surface area contributed by atoms with Gasteiger partial charge in [0.25, 0.3) is 0 Å². The smallest absolute Gasteiger partial charge is 0.330 e. The van der Waals surface area contributed by atoms with Crippen LogP contribution in [0.15, 0.2) is 6.20 Å². The normalized spacial score (nSPS) is 11.3. The van der Waals surface area contributed by atoms with Crippen LogP contribution in [-0.2, 0) is 11.8 Å². The number of hydrogen-bond acceptors (Lipinski definition) is 5. The zero-order chi connectivity index (χ0) is 13.4. The number of carboxylic acid groups (broad SMARTS) is 1. The van der Waals surface area contributed by atoms with Gasteiger partial charge in [0.15, 0.2) is 0 Å². The maximum Gasteiger partial charge on any atom is 0.330 e. The van der Waals surface area contributed by atoms with E-state index in [4.69, 9.17) is 5.11 Å². The van der Waals surface area contributed by atoms with E-state index in [1.165, 1.54) is 43.7 Å². The number of nitro groups is 1. The van der Waals surface area contributed by atoms with Crippen molar-refractivity contribution in [2.24, 2.45) is 7.05 Å². The third-order valence-electron chi connectivity index (χ3n) is 2.67. The number of aromatic nitrogens is 2. The van der Waals surface area contributed by atoms with Crippen LogP contribution in [0, 0.1) is 10.1 Å². The largest absolute Gasteiger partial charge is 0.480 e. The lowest BCUT2D eigenvalue weighted by Gasteiger charge is -2.30. The molecule has 1 rings (SSSR count). The van der Waals surface area contributed by atoms with Gasteiger partial charge in [-0.1, -0.05) is 0 Å². The summed E-state index contributed by atoms with van der Waals surface area (Å²) >= 11 is 0. The van der Waals surface area contributed by atoms with Crippen molar-refractivity contribution < 1.29 is 14.8 Å². The fourth-order valence-electron chi connectivity index (χ4n) is 1.24. The molecule has 1 aromatic rings. The molecule has 0 bridgehead atoms. The van der Waals surface area contributed by atoms with Crippen LogP contribution in [0.2, 0.25) is 0 Å². The van der Waals surface area contributed by atoms with Gasteiger partial charge in [0.05, 0.1) is 4.92 Å². The van der Waals surface area contributed by atoms with Crippen LogP contribution >= 0.6 is 0 Å². The minimum atomic E-state index is -1.28. The molecule has 0 saturated carbocycles. The average Bonchev–Trinajstić information content (AvgIpc) is 2.58. The van der Waals surface area contributed by atoms with E-state index in [0.717, 1.165) is 0 Å². The second-order valence-corrected chi connectivity index (χ2v) is 4.19. The van der Waals surface area contributed by atoms with E-state index in [9.17, 15) is 14.9 Å². The molecule has 0 aromatic carbocycles. The highest BCUT2D eigenvalue weighted by atomic mass is 16.6. The summed E-state index contributed by atoms with van der Waals surface area (Å²) in [6, 6.07) is 0. The summed E-state index contributed by atoms with van der Waals surface area (Å²) in [5.74, 6) is -1.05. The maximum atomic E-state index is 11.1. The van der Waals surface area contributed by atoms with Crippen molar-refractivity contribution in [1.29, 1.82) is 0 Å². The van der Waals surface area contributed by atoms with Crippen molar-refractivity contribution in [3.05, 3.63) is 16.3 Å². The third kappa shape index (κ3) is 2.19. The van der Waals surface area contributed by atoms with Gasteiger partial charge in [0.1, 0.15) is 11.7 Å². The molecule has 1 N–H and O–H groups in total. The molecule has 0 amide bonds. The standard InChI is InChI=1S/C9H14N4O4/c1-9(2,8(14)15)12(4)7-6(13(16)17)5-11(3)10-7/h5H,1-4H3,(H,14,15). The highest BCUT2D eigenvalue weighted by Crippen LogP contribution is 2.29. The molecule has 0 atom stereocenters. The first-order chi connectivity index (χ1) is 7.67. The summed E-state index contributed by atoms with van der Waals surface area (Å²) in [6.45, 7) is 2.90. The van der Waals surface area contributed by atoms with Crippen molar-refractivity contribution in [2.75, 3.05) is 11.9 Å². The number of hydrogen-bond donors (Lipinski definition) is 1. The summed E-state index contributed by atoms with van der Waals surface area (Å²) < 4.78 is 1.28. The molecule has 8 nitrogen and oxygen atoms in total. The average molecular weight is 242 g/mol. The molecular weight excluding hydrogens is 228 g/mol. The van der Waals surface area contributed by atoms with Crippen molar-refractivity contribution in [2.45, 2.75) is 19.4 Å². The Morgan fingerprint density at radius 3 is 2.59 bits per heavy atom. The highest BCUT2D eigenvalue weighted by Gasteiger charge is 2.37. The molecule has 17 heavy (non-hydrogen) atoms. The fourth-order valence-corrected chi connectivity index (χ4v) is 1.24. The second kappa shape index (κ2) is 4.04. The number of nitrogens with zero attached hydrogens (tertiary/aromatic N) is 4. The molecule has 0 spiro atoms. The maximum absolute atomic E-state index is 11.1. The SMILES string of the molecule is CN(c1nn(C)cc1[N+](=O)[O-])C(C)(C)C(=O)O. The molecule has 0 aliphatic carbocycles. The third-order valence-corrected chi connectivity index (χ3v) is 2.67. The van der Waals surface area contributed by atoms with Crippen LogP contribution in [0.4, 0.5) is 11.5 Å². The van der Waals surface area contributed by atoms with Gasteiger partial charge in [-0.3, -0.25) is 14.8 Å². The summed E-state index contributed by atoms with van der Waals surface area (Å²) in [5, 5.41) is 23.8. The van der Waals surface area contributed by atoms with Crippen molar-refractivity contribution in [3.63, 3.8) is 0 Å². The van der Waals surface area contributed by atoms with Crippen LogP contribution in [0.25, 0.3) is 0 Å². The number of carboxylic acids is 1. The topological polar surface area (TPSA) is 102 Å². The molecular formula is C9H14N4O4. The Bertz CT molecular complexity index is 466.